The molecule has 3 aromatic heterocycles. The molecule has 0 aliphatic heterocycles. The fraction of sp³-hybridized carbons (Fsp3) is 0.333. The summed E-state index contributed by atoms with van der Waals surface area (Å²) in [6, 6.07) is 6.43. The zero-order valence-corrected chi connectivity index (χ0v) is 13.3. The molecule has 0 aliphatic carbocycles. The number of aromatic amines is 1. The van der Waals surface area contributed by atoms with Crippen LogP contribution >= 0.6 is 0 Å². The first kappa shape index (κ1) is 13.8. The second-order valence-corrected chi connectivity index (χ2v) is 6.05. The number of H-pyrrole nitrogens is 1. The summed E-state index contributed by atoms with van der Waals surface area (Å²) in [5.74, 6) is 0.446. The molecule has 0 unspecified atom stereocenters. The first-order valence-electron chi connectivity index (χ1n) is 7.40. The Morgan fingerprint density at radius 1 is 1.00 bits per heavy atom. The lowest BCUT2D eigenvalue weighted by Crippen LogP contribution is -1.99. The molecule has 3 rings (SSSR count). The van der Waals surface area contributed by atoms with E-state index in [-0.39, 0.29) is 0 Å². The molecule has 0 atom stereocenters. The Labute approximate surface area is 125 Å². The van der Waals surface area contributed by atoms with Gasteiger partial charge in [0.2, 0.25) is 0 Å². The highest BCUT2D eigenvalue weighted by Gasteiger charge is 2.12. The molecule has 0 fully saturated rings. The summed E-state index contributed by atoms with van der Waals surface area (Å²) < 4.78 is 0. The van der Waals surface area contributed by atoms with Crippen LogP contribution in [0.25, 0.3) is 22.3 Å². The number of nitrogens with zero attached hydrogens (tertiary/aromatic N) is 2. The van der Waals surface area contributed by atoms with E-state index in [4.69, 9.17) is 9.97 Å². The molecule has 108 valence electrons. The molecule has 3 heteroatoms. The lowest BCUT2D eigenvalue weighted by molar-refractivity contribution is 0.816. The summed E-state index contributed by atoms with van der Waals surface area (Å²) in [4.78, 5) is 12.9. The van der Waals surface area contributed by atoms with Crippen molar-refractivity contribution in [3.05, 3.63) is 46.9 Å². The van der Waals surface area contributed by atoms with E-state index in [0.717, 1.165) is 33.7 Å². The number of hydrogen-bond acceptors (Lipinski definition) is 2. The lowest BCUT2D eigenvalue weighted by Gasteiger charge is -2.11. The van der Waals surface area contributed by atoms with Crippen molar-refractivity contribution in [2.75, 3.05) is 0 Å². The Kier molecular flexibility index (Phi) is 3.28. The monoisotopic (exact) mass is 279 g/mol. The Morgan fingerprint density at radius 2 is 1.76 bits per heavy atom. The molecule has 0 bridgehead atoms. The second kappa shape index (κ2) is 4.99. The number of rotatable bonds is 2. The van der Waals surface area contributed by atoms with Gasteiger partial charge in [0.15, 0.2) is 0 Å². The highest BCUT2D eigenvalue weighted by molar-refractivity contribution is 5.83. The molecule has 3 heterocycles. The van der Waals surface area contributed by atoms with E-state index in [9.17, 15) is 0 Å². The van der Waals surface area contributed by atoms with Gasteiger partial charge in [-0.1, -0.05) is 13.8 Å². The van der Waals surface area contributed by atoms with Crippen LogP contribution in [0.1, 0.15) is 42.3 Å². The number of hydrogen-bond donors (Lipinski definition) is 1. The van der Waals surface area contributed by atoms with E-state index in [1.54, 1.807) is 0 Å². The van der Waals surface area contributed by atoms with Gasteiger partial charge in [-0.3, -0.25) is 4.98 Å². The Bertz CT molecular complexity index is 813. The summed E-state index contributed by atoms with van der Waals surface area (Å²) in [5.41, 5.74) is 8.82. The maximum Gasteiger partial charge on any atom is 0.0915 e. The van der Waals surface area contributed by atoms with Crippen LogP contribution in [0.2, 0.25) is 0 Å². The van der Waals surface area contributed by atoms with Gasteiger partial charge in [-0.05, 0) is 56.0 Å². The topological polar surface area (TPSA) is 41.6 Å². The Hall–Kier alpha value is -2.16. The lowest BCUT2D eigenvalue weighted by atomic mass is 10.0. The van der Waals surface area contributed by atoms with Crippen LogP contribution < -0.4 is 0 Å². The molecule has 0 radical (unpaired) electrons. The van der Waals surface area contributed by atoms with Crippen LogP contribution in [-0.4, -0.2) is 15.0 Å². The van der Waals surface area contributed by atoms with Crippen LogP contribution in [0.4, 0.5) is 0 Å². The van der Waals surface area contributed by atoms with Crippen molar-refractivity contribution in [2.24, 2.45) is 0 Å². The zero-order valence-electron chi connectivity index (χ0n) is 13.3. The highest BCUT2D eigenvalue weighted by atomic mass is 14.8. The first-order valence-corrected chi connectivity index (χ1v) is 7.40. The summed E-state index contributed by atoms with van der Waals surface area (Å²) in [6.07, 6.45) is 2.01. The normalized spacial score (nSPS) is 11.5. The predicted molar refractivity (Wildman–Crippen MR) is 87.6 cm³/mol. The summed E-state index contributed by atoms with van der Waals surface area (Å²) >= 11 is 0. The van der Waals surface area contributed by atoms with Crippen LogP contribution in [0, 0.1) is 20.8 Å². The smallest absolute Gasteiger partial charge is 0.0915 e. The molecule has 0 amide bonds. The molecule has 0 saturated heterocycles. The average molecular weight is 279 g/mol. The second-order valence-electron chi connectivity index (χ2n) is 6.05. The molecule has 0 aromatic carbocycles. The summed E-state index contributed by atoms with van der Waals surface area (Å²) in [6.45, 7) is 10.6. The van der Waals surface area contributed by atoms with E-state index in [1.165, 1.54) is 11.1 Å². The van der Waals surface area contributed by atoms with E-state index >= 15 is 0 Å². The van der Waals surface area contributed by atoms with Gasteiger partial charge in [-0.15, -0.1) is 0 Å². The van der Waals surface area contributed by atoms with Gasteiger partial charge in [0.1, 0.15) is 0 Å². The molecule has 0 aliphatic rings. The van der Waals surface area contributed by atoms with Crippen molar-refractivity contribution in [1.82, 2.24) is 15.0 Å². The minimum atomic E-state index is 0.446. The van der Waals surface area contributed by atoms with Crippen LogP contribution in [-0.2, 0) is 0 Å². The fourth-order valence-corrected chi connectivity index (χ4v) is 2.70. The number of pyridine rings is 2. The summed E-state index contributed by atoms with van der Waals surface area (Å²) in [7, 11) is 0. The molecule has 0 spiro atoms. The van der Waals surface area contributed by atoms with Crippen molar-refractivity contribution in [3.8, 4) is 11.3 Å². The molecule has 3 nitrogen and oxygen atoms in total. The van der Waals surface area contributed by atoms with E-state index in [2.05, 4.69) is 57.8 Å². The molecule has 3 aromatic rings. The third-order valence-corrected chi connectivity index (χ3v) is 3.98. The van der Waals surface area contributed by atoms with Gasteiger partial charge in [0, 0.05) is 23.1 Å². The zero-order chi connectivity index (χ0) is 15.1. The highest BCUT2D eigenvalue weighted by Crippen LogP contribution is 2.28. The molecule has 1 N–H and O–H groups in total. The van der Waals surface area contributed by atoms with Gasteiger partial charge in [-0.2, -0.15) is 0 Å². The van der Waals surface area contributed by atoms with Gasteiger partial charge >= 0.3 is 0 Å². The molecular formula is C18H21N3. The van der Waals surface area contributed by atoms with Gasteiger partial charge in [-0.25, -0.2) is 4.98 Å². The SMILES string of the molecule is Cc1cc2[nH]cc(C)c2nc1-c1ccc(C(C)C)nc1C. The van der Waals surface area contributed by atoms with Crippen molar-refractivity contribution >= 4 is 11.0 Å². The standard InChI is InChI=1S/C18H21N3/c1-10(2)15-7-6-14(13(5)20-15)17-11(3)8-16-18(21-17)12(4)9-19-16/h6-10,19H,1-5H3. The van der Waals surface area contributed by atoms with Gasteiger partial charge in [0.25, 0.3) is 0 Å². The Balaban J connectivity index is 2.20. The first-order chi connectivity index (χ1) is 9.97. The van der Waals surface area contributed by atoms with Crippen molar-refractivity contribution < 1.29 is 0 Å². The molecule has 21 heavy (non-hydrogen) atoms. The van der Waals surface area contributed by atoms with Crippen molar-refractivity contribution in [1.29, 1.82) is 0 Å². The van der Waals surface area contributed by atoms with E-state index < -0.39 is 0 Å². The molecule has 0 saturated carbocycles. The van der Waals surface area contributed by atoms with Gasteiger partial charge < -0.3 is 4.98 Å². The average Bonchev–Trinajstić information content (AvgIpc) is 2.79. The quantitative estimate of drug-likeness (QED) is 0.740. The van der Waals surface area contributed by atoms with E-state index in [0.29, 0.717) is 5.92 Å². The maximum absolute atomic E-state index is 4.87. The van der Waals surface area contributed by atoms with Gasteiger partial charge in [0.05, 0.1) is 16.7 Å². The third kappa shape index (κ3) is 2.33. The summed E-state index contributed by atoms with van der Waals surface area (Å²) in [5, 5.41) is 0. The minimum absolute atomic E-state index is 0.446. The van der Waals surface area contributed by atoms with Crippen LogP contribution in [0.3, 0.4) is 0 Å². The number of nitrogens with one attached hydrogen (secondary N) is 1. The number of aryl methyl sites for hydroxylation is 3. The minimum Gasteiger partial charge on any atom is -0.360 e. The third-order valence-electron chi connectivity index (χ3n) is 3.98. The predicted octanol–water partition coefficient (Wildman–Crippen LogP) is 4.67. The van der Waals surface area contributed by atoms with Crippen LogP contribution in [0.5, 0.6) is 0 Å². The number of aromatic nitrogens is 3. The maximum atomic E-state index is 4.87. The van der Waals surface area contributed by atoms with Crippen molar-refractivity contribution in [2.45, 2.75) is 40.5 Å². The fourth-order valence-electron chi connectivity index (χ4n) is 2.70. The Morgan fingerprint density at radius 3 is 2.43 bits per heavy atom. The largest absolute Gasteiger partial charge is 0.360 e. The molecular weight excluding hydrogens is 258 g/mol. The van der Waals surface area contributed by atoms with E-state index in [1.807, 2.05) is 6.20 Å². The van der Waals surface area contributed by atoms with Crippen molar-refractivity contribution in [3.63, 3.8) is 0 Å². The van der Waals surface area contributed by atoms with Crippen LogP contribution in [0.15, 0.2) is 24.4 Å². The number of fused-ring (bicyclic) bond motifs is 1.